The number of rotatable bonds is 3. The number of anilines is 1. The molecule has 1 aromatic carbocycles. The first-order valence-electron chi connectivity index (χ1n) is 7.16. The minimum Gasteiger partial charge on any atom is -0.382 e. The molecule has 0 aliphatic heterocycles. The first-order chi connectivity index (χ1) is 11.2. The molecule has 0 fully saturated rings. The number of aromatic nitrogens is 5. The summed E-state index contributed by atoms with van der Waals surface area (Å²) < 4.78 is 1.56. The van der Waals surface area contributed by atoms with Crippen LogP contribution in [-0.2, 0) is 6.54 Å². The topological polar surface area (TPSA) is 105 Å². The van der Waals surface area contributed by atoms with Gasteiger partial charge in [0.15, 0.2) is 17.3 Å². The molecule has 0 saturated carbocycles. The van der Waals surface area contributed by atoms with Crippen molar-refractivity contribution in [3.05, 3.63) is 64.7 Å². The van der Waals surface area contributed by atoms with E-state index in [4.69, 9.17) is 5.73 Å². The highest BCUT2D eigenvalue weighted by Gasteiger charge is 2.15. The van der Waals surface area contributed by atoms with E-state index in [-0.39, 0.29) is 11.5 Å². The van der Waals surface area contributed by atoms with Crippen molar-refractivity contribution in [3.8, 4) is 11.5 Å². The summed E-state index contributed by atoms with van der Waals surface area (Å²) in [5, 5.41) is 0. The number of imidazole rings is 1. The van der Waals surface area contributed by atoms with Gasteiger partial charge >= 0.3 is 5.69 Å². The molecule has 0 unspecified atom stereocenters. The van der Waals surface area contributed by atoms with Crippen molar-refractivity contribution in [2.24, 2.45) is 0 Å². The van der Waals surface area contributed by atoms with E-state index in [0.717, 1.165) is 11.3 Å². The fourth-order valence-electron chi connectivity index (χ4n) is 2.55. The second-order valence-electron chi connectivity index (χ2n) is 5.22. The molecule has 0 radical (unpaired) electrons. The van der Waals surface area contributed by atoms with Crippen LogP contribution in [0, 0.1) is 0 Å². The van der Waals surface area contributed by atoms with Gasteiger partial charge in [0.25, 0.3) is 0 Å². The number of hydrogen-bond acceptors (Lipinski definition) is 4. The zero-order chi connectivity index (χ0) is 15.8. The summed E-state index contributed by atoms with van der Waals surface area (Å²) in [4.78, 5) is 26.8. The SMILES string of the molecule is Nc1nc(-c2ccc[nH]2)nc2c1[nH]c(=O)n2Cc1ccccc1. The van der Waals surface area contributed by atoms with Crippen LogP contribution in [0.3, 0.4) is 0 Å². The van der Waals surface area contributed by atoms with Gasteiger partial charge in [0.05, 0.1) is 12.2 Å². The fraction of sp³-hybridized carbons (Fsp3) is 0.0625. The Hall–Kier alpha value is -3.35. The number of aromatic amines is 2. The molecular formula is C16H14N6O. The molecule has 0 saturated heterocycles. The van der Waals surface area contributed by atoms with Gasteiger partial charge in [-0.2, -0.15) is 0 Å². The summed E-state index contributed by atoms with van der Waals surface area (Å²) >= 11 is 0. The molecule has 0 spiro atoms. The average Bonchev–Trinajstić information content (AvgIpc) is 3.19. The third-order valence-electron chi connectivity index (χ3n) is 3.67. The van der Waals surface area contributed by atoms with Crippen LogP contribution in [0.25, 0.3) is 22.7 Å². The minimum atomic E-state index is -0.256. The molecule has 0 atom stereocenters. The molecule has 4 rings (SSSR count). The zero-order valence-electron chi connectivity index (χ0n) is 12.2. The van der Waals surface area contributed by atoms with E-state index in [0.29, 0.717) is 23.5 Å². The van der Waals surface area contributed by atoms with E-state index in [1.165, 1.54) is 0 Å². The first-order valence-corrected chi connectivity index (χ1v) is 7.16. The van der Waals surface area contributed by atoms with E-state index in [2.05, 4.69) is 19.9 Å². The maximum absolute atomic E-state index is 12.3. The number of fused-ring (bicyclic) bond motifs is 1. The van der Waals surface area contributed by atoms with Gasteiger partial charge < -0.3 is 15.7 Å². The number of H-pyrrole nitrogens is 2. The molecule has 7 nitrogen and oxygen atoms in total. The van der Waals surface area contributed by atoms with Crippen molar-refractivity contribution in [3.63, 3.8) is 0 Å². The van der Waals surface area contributed by atoms with Gasteiger partial charge in [-0.25, -0.2) is 14.8 Å². The molecule has 3 heterocycles. The summed E-state index contributed by atoms with van der Waals surface area (Å²) in [5.41, 5.74) is 8.45. The van der Waals surface area contributed by atoms with Gasteiger partial charge in [-0.1, -0.05) is 30.3 Å². The van der Waals surface area contributed by atoms with E-state index < -0.39 is 0 Å². The molecule has 0 aliphatic carbocycles. The lowest BCUT2D eigenvalue weighted by Crippen LogP contribution is -2.17. The maximum Gasteiger partial charge on any atom is 0.328 e. The van der Waals surface area contributed by atoms with Crippen molar-refractivity contribution in [2.45, 2.75) is 6.54 Å². The largest absolute Gasteiger partial charge is 0.382 e. The van der Waals surface area contributed by atoms with Gasteiger partial charge in [-0.3, -0.25) is 4.57 Å². The Balaban J connectivity index is 1.90. The van der Waals surface area contributed by atoms with E-state index in [1.54, 1.807) is 10.8 Å². The monoisotopic (exact) mass is 306 g/mol. The maximum atomic E-state index is 12.3. The average molecular weight is 306 g/mol. The summed E-state index contributed by atoms with van der Waals surface area (Å²) in [6.07, 6.45) is 1.78. The number of nitrogen functional groups attached to an aromatic ring is 1. The Kier molecular flexibility index (Phi) is 2.97. The molecule has 7 heteroatoms. The summed E-state index contributed by atoms with van der Waals surface area (Å²) in [7, 11) is 0. The minimum absolute atomic E-state index is 0.253. The van der Waals surface area contributed by atoms with E-state index >= 15 is 0 Å². The van der Waals surface area contributed by atoms with Crippen LogP contribution in [0.15, 0.2) is 53.5 Å². The molecule has 4 N–H and O–H groups in total. The molecule has 114 valence electrons. The number of benzene rings is 1. The molecule has 3 aromatic heterocycles. The molecule has 23 heavy (non-hydrogen) atoms. The highest BCUT2D eigenvalue weighted by molar-refractivity contribution is 5.83. The van der Waals surface area contributed by atoms with Crippen molar-refractivity contribution in [1.29, 1.82) is 0 Å². The van der Waals surface area contributed by atoms with Crippen LogP contribution < -0.4 is 11.4 Å². The second kappa shape index (κ2) is 5.13. The molecule has 0 bridgehead atoms. The standard InChI is InChI=1S/C16H14N6O/c17-13-12-15(21-14(20-13)11-7-4-8-18-11)22(16(23)19-12)9-10-5-2-1-3-6-10/h1-8,18H,9H2,(H,19,23)(H2,17,20,21). The second-order valence-corrected chi connectivity index (χ2v) is 5.22. The zero-order valence-corrected chi connectivity index (χ0v) is 12.2. The number of nitrogens with two attached hydrogens (primary N) is 1. The van der Waals surface area contributed by atoms with Gasteiger partial charge in [-0.05, 0) is 17.7 Å². The van der Waals surface area contributed by atoms with Gasteiger partial charge in [0, 0.05) is 6.20 Å². The fourth-order valence-corrected chi connectivity index (χ4v) is 2.55. The smallest absolute Gasteiger partial charge is 0.328 e. The van der Waals surface area contributed by atoms with Gasteiger partial charge in [0.1, 0.15) is 5.52 Å². The number of nitrogens with zero attached hydrogens (tertiary/aromatic N) is 3. The predicted octanol–water partition coefficient (Wildman–Crippen LogP) is 1.75. The van der Waals surface area contributed by atoms with Crippen LogP contribution in [0.4, 0.5) is 5.82 Å². The lowest BCUT2D eigenvalue weighted by atomic mass is 10.2. The van der Waals surface area contributed by atoms with Crippen LogP contribution in [0.5, 0.6) is 0 Å². The molecule has 0 aliphatic rings. The van der Waals surface area contributed by atoms with Gasteiger partial charge in [-0.15, -0.1) is 0 Å². The molecule has 0 amide bonds. The van der Waals surface area contributed by atoms with Crippen LogP contribution >= 0.6 is 0 Å². The number of nitrogens with one attached hydrogen (secondary N) is 2. The Morgan fingerprint density at radius 3 is 2.65 bits per heavy atom. The first kappa shape index (κ1) is 13.3. The number of hydrogen-bond donors (Lipinski definition) is 3. The summed E-state index contributed by atoms with van der Waals surface area (Å²) in [6.45, 7) is 0.417. The molecular weight excluding hydrogens is 292 g/mol. The van der Waals surface area contributed by atoms with E-state index in [9.17, 15) is 4.79 Å². The Bertz CT molecular complexity index is 1010. The summed E-state index contributed by atoms with van der Waals surface area (Å²) in [6, 6.07) is 13.4. The van der Waals surface area contributed by atoms with Crippen LogP contribution in [0.1, 0.15) is 5.56 Å². The molecule has 4 aromatic rings. The van der Waals surface area contributed by atoms with Crippen molar-refractivity contribution in [2.75, 3.05) is 5.73 Å². The quantitative estimate of drug-likeness (QED) is 0.536. The highest BCUT2D eigenvalue weighted by Crippen LogP contribution is 2.20. The Labute approximate surface area is 130 Å². The Morgan fingerprint density at radius 1 is 1.09 bits per heavy atom. The van der Waals surface area contributed by atoms with Crippen molar-refractivity contribution < 1.29 is 0 Å². The third kappa shape index (κ3) is 2.28. The van der Waals surface area contributed by atoms with Crippen molar-refractivity contribution in [1.82, 2.24) is 24.5 Å². The highest BCUT2D eigenvalue weighted by atomic mass is 16.1. The van der Waals surface area contributed by atoms with Gasteiger partial charge in [0.2, 0.25) is 0 Å². The van der Waals surface area contributed by atoms with Crippen molar-refractivity contribution >= 4 is 17.0 Å². The van der Waals surface area contributed by atoms with E-state index in [1.807, 2.05) is 42.5 Å². The predicted molar refractivity (Wildman–Crippen MR) is 87.9 cm³/mol. The normalized spacial score (nSPS) is 11.1. The van der Waals surface area contributed by atoms with Crippen LogP contribution in [0.2, 0.25) is 0 Å². The lowest BCUT2D eigenvalue weighted by molar-refractivity contribution is 0.778. The van der Waals surface area contributed by atoms with Crippen LogP contribution in [-0.4, -0.2) is 24.5 Å². The third-order valence-corrected chi connectivity index (χ3v) is 3.67. The lowest BCUT2D eigenvalue weighted by Gasteiger charge is -2.05. The summed E-state index contributed by atoms with van der Waals surface area (Å²) in [5.74, 6) is 0.712. The Morgan fingerprint density at radius 2 is 1.91 bits per heavy atom.